The summed E-state index contributed by atoms with van der Waals surface area (Å²) in [5.74, 6) is -0.996. The molecular formula is C20H22N2O6. The highest BCUT2D eigenvalue weighted by molar-refractivity contribution is 5.86. The highest BCUT2D eigenvalue weighted by Gasteiger charge is 2.23. The fraction of sp³-hybridized carbons (Fsp3) is 0.200. The molecule has 0 aromatic heterocycles. The van der Waals surface area contributed by atoms with Crippen LogP contribution in [-0.4, -0.2) is 29.4 Å². The van der Waals surface area contributed by atoms with Crippen molar-refractivity contribution >= 4 is 17.7 Å². The molecule has 2 amide bonds. The first-order valence-corrected chi connectivity index (χ1v) is 8.46. The monoisotopic (exact) mass is 386 g/mol. The van der Waals surface area contributed by atoms with Crippen LogP contribution in [0.15, 0.2) is 60.7 Å². The molecule has 0 aliphatic carbocycles. The third kappa shape index (κ3) is 5.75. The Hall–Kier alpha value is -3.52. The highest BCUT2D eigenvalue weighted by Crippen LogP contribution is 2.34. The van der Waals surface area contributed by atoms with Crippen molar-refractivity contribution in [3.63, 3.8) is 0 Å². The predicted octanol–water partition coefficient (Wildman–Crippen LogP) is 3.39. The number of amides is 2. The van der Waals surface area contributed by atoms with Crippen LogP contribution in [-0.2, 0) is 9.53 Å². The molecular weight excluding hydrogens is 364 g/mol. The Balaban J connectivity index is 2.24. The average molecular weight is 386 g/mol. The number of hydrogen-bond donors (Lipinski definition) is 4. The third-order valence-corrected chi connectivity index (χ3v) is 3.92. The number of phenols is 1. The number of nitrogens with one attached hydrogen (secondary N) is 2. The summed E-state index contributed by atoms with van der Waals surface area (Å²) < 4.78 is 10.6. The number of aromatic hydroxyl groups is 1. The molecule has 0 radical (unpaired) electrons. The van der Waals surface area contributed by atoms with Crippen molar-refractivity contribution in [2.45, 2.75) is 13.0 Å². The summed E-state index contributed by atoms with van der Waals surface area (Å²) in [6.07, 6.45) is 1.09. The first kappa shape index (κ1) is 20.8. The summed E-state index contributed by atoms with van der Waals surface area (Å²) in [5.41, 5.74) is 2.56. The van der Waals surface area contributed by atoms with Crippen LogP contribution in [0.4, 0.5) is 10.5 Å². The Morgan fingerprint density at radius 2 is 1.86 bits per heavy atom. The summed E-state index contributed by atoms with van der Waals surface area (Å²) in [5, 5.41) is 21.3. The normalized spacial score (nSPS) is 12.8. The second-order valence-electron chi connectivity index (χ2n) is 5.94. The van der Waals surface area contributed by atoms with E-state index in [0.29, 0.717) is 11.3 Å². The maximum absolute atomic E-state index is 12.3. The number of hydroxylamine groups is 1. The van der Waals surface area contributed by atoms with Gasteiger partial charge in [0.05, 0.1) is 7.11 Å². The Bertz CT molecular complexity index is 838. The van der Waals surface area contributed by atoms with Crippen LogP contribution in [0.1, 0.15) is 18.6 Å². The van der Waals surface area contributed by atoms with Gasteiger partial charge < -0.3 is 14.6 Å². The van der Waals surface area contributed by atoms with Crippen LogP contribution in [0.25, 0.3) is 0 Å². The molecule has 2 aromatic carbocycles. The van der Waals surface area contributed by atoms with E-state index in [1.54, 1.807) is 43.3 Å². The number of anilines is 1. The molecule has 0 bridgehead atoms. The molecule has 0 aliphatic heterocycles. The zero-order valence-electron chi connectivity index (χ0n) is 15.5. The molecule has 0 heterocycles. The second-order valence-corrected chi connectivity index (χ2v) is 5.94. The number of carbonyl (C=O) groups is 2. The van der Waals surface area contributed by atoms with Gasteiger partial charge in [0.1, 0.15) is 6.10 Å². The van der Waals surface area contributed by atoms with Crippen molar-refractivity contribution in [3.8, 4) is 11.5 Å². The van der Waals surface area contributed by atoms with Crippen molar-refractivity contribution < 1.29 is 29.4 Å². The van der Waals surface area contributed by atoms with E-state index in [1.807, 2.05) is 6.07 Å². The molecule has 2 rings (SSSR count). The van der Waals surface area contributed by atoms with Crippen molar-refractivity contribution in [2.24, 2.45) is 5.92 Å². The molecule has 0 unspecified atom stereocenters. The van der Waals surface area contributed by atoms with Crippen LogP contribution < -0.4 is 15.5 Å². The number of ether oxygens (including phenoxy) is 2. The zero-order chi connectivity index (χ0) is 20.5. The van der Waals surface area contributed by atoms with Gasteiger partial charge in [-0.2, -0.15) is 0 Å². The SMILES string of the molecule is COc1ccc([C@@H](OC(=O)Nc2ccccc2)[C@H](C)/C=C/C(=O)NO)cc1O. The number of para-hydroxylation sites is 1. The lowest BCUT2D eigenvalue weighted by atomic mass is 9.96. The van der Waals surface area contributed by atoms with Crippen LogP contribution in [0.2, 0.25) is 0 Å². The number of methoxy groups -OCH3 is 1. The molecule has 28 heavy (non-hydrogen) atoms. The van der Waals surface area contributed by atoms with Gasteiger partial charge in [0, 0.05) is 17.7 Å². The van der Waals surface area contributed by atoms with Crippen LogP contribution >= 0.6 is 0 Å². The van der Waals surface area contributed by atoms with Crippen LogP contribution in [0.3, 0.4) is 0 Å². The Morgan fingerprint density at radius 1 is 1.14 bits per heavy atom. The first-order valence-electron chi connectivity index (χ1n) is 8.46. The van der Waals surface area contributed by atoms with Crippen LogP contribution in [0.5, 0.6) is 11.5 Å². The van der Waals surface area contributed by atoms with E-state index in [4.69, 9.17) is 14.7 Å². The van der Waals surface area contributed by atoms with Gasteiger partial charge in [0.25, 0.3) is 5.91 Å². The molecule has 2 atom stereocenters. The lowest BCUT2D eigenvalue weighted by Gasteiger charge is -2.23. The van der Waals surface area contributed by atoms with E-state index < -0.39 is 24.0 Å². The van der Waals surface area contributed by atoms with E-state index in [2.05, 4.69) is 5.32 Å². The van der Waals surface area contributed by atoms with Gasteiger partial charge in [-0.15, -0.1) is 0 Å². The van der Waals surface area contributed by atoms with Crippen molar-refractivity contribution in [3.05, 3.63) is 66.2 Å². The quantitative estimate of drug-likeness (QED) is 0.329. The molecule has 0 aliphatic rings. The minimum atomic E-state index is -0.816. The zero-order valence-corrected chi connectivity index (χ0v) is 15.5. The average Bonchev–Trinajstić information content (AvgIpc) is 2.70. The standard InChI is InChI=1S/C20H22N2O6/c1-13(8-11-18(24)22-26)19(14-9-10-17(27-2)16(23)12-14)28-20(25)21-15-6-4-3-5-7-15/h3-13,19,23,26H,1-2H3,(H,21,25)(H,22,24)/b11-8+/t13-,19+/m1/s1. The van der Waals surface area contributed by atoms with Gasteiger partial charge in [-0.3, -0.25) is 15.3 Å². The molecule has 148 valence electrons. The van der Waals surface area contributed by atoms with Crippen molar-refractivity contribution in [1.82, 2.24) is 5.48 Å². The van der Waals surface area contributed by atoms with Gasteiger partial charge in [0.2, 0.25) is 0 Å². The lowest BCUT2D eigenvalue weighted by Crippen LogP contribution is -2.22. The van der Waals surface area contributed by atoms with E-state index >= 15 is 0 Å². The maximum Gasteiger partial charge on any atom is 0.412 e. The molecule has 8 heteroatoms. The highest BCUT2D eigenvalue weighted by atomic mass is 16.6. The smallest absolute Gasteiger partial charge is 0.412 e. The fourth-order valence-corrected chi connectivity index (χ4v) is 2.52. The molecule has 0 spiro atoms. The second kappa shape index (κ2) is 9.98. The first-order chi connectivity index (χ1) is 13.4. The minimum absolute atomic E-state index is 0.110. The number of benzene rings is 2. The number of hydrogen-bond acceptors (Lipinski definition) is 6. The summed E-state index contributed by atoms with van der Waals surface area (Å²) in [6.45, 7) is 1.73. The summed E-state index contributed by atoms with van der Waals surface area (Å²) in [7, 11) is 1.43. The van der Waals surface area contributed by atoms with Gasteiger partial charge in [-0.25, -0.2) is 10.3 Å². The van der Waals surface area contributed by atoms with Gasteiger partial charge in [-0.05, 0) is 29.8 Å². The summed E-state index contributed by atoms with van der Waals surface area (Å²) >= 11 is 0. The van der Waals surface area contributed by atoms with Gasteiger partial charge >= 0.3 is 6.09 Å². The lowest BCUT2D eigenvalue weighted by molar-refractivity contribution is -0.124. The minimum Gasteiger partial charge on any atom is -0.504 e. The molecule has 0 saturated carbocycles. The summed E-state index contributed by atoms with van der Waals surface area (Å²) in [6, 6.07) is 13.4. The van der Waals surface area contributed by atoms with Crippen molar-refractivity contribution in [2.75, 3.05) is 12.4 Å². The van der Waals surface area contributed by atoms with E-state index in [0.717, 1.165) is 6.08 Å². The largest absolute Gasteiger partial charge is 0.504 e. The maximum atomic E-state index is 12.3. The predicted molar refractivity (Wildman–Crippen MR) is 102 cm³/mol. The molecule has 4 N–H and O–H groups in total. The van der Waals surface area contributed by atoms with Crippen molar-refractivity contribution in [1.29, 1.82) is 0 Å². The number of phenolic OH excluding ortho intramolecular Hbond substituents is 1. The number of rotatable bonds is 7. The molecule has 8 nitrogen and oxygen atoms in total. The fourth-order valence-electron chi connectivity index (χ4n) is 2.52. The van der Waals surface area contributed by atoms with Gasteiger partial charge in [0.15, 0.2) is 11.5 Å². The molecule has 0 saturated heterocycles. The van der Waals surface area contributed by atoms with E-state index in [-0.39, 0.29) is 11.5 Å². The Morgan fingerprint density at radius 3 is 2.46 bits per heavy atom. The Labute approximate surface area is 162 Å². The molecule has 0 fully saturated rings. The Kier molecular flexibility index (Phi) is 7.41. The van der Waals surface area contributed by atoms with Gasteiger partial charge in [-0.1, -0.05) is 37.3 Å². The topological polar surface area (TPSA) is 117 Å². The van der Waals surface area contributed by atoms with Crippen LogP contribution in [0, 0.1) is 5.92 Å². The third-order valence-electron chi connectivity index (χ3n) is 3.92. The number of carbonyl (C=O) groups excluding carboxylic acids is 2. The van der Waals surface area contributed by atoms with E-state index in [9.17, 15) is 14.7 Å². The summed E-state index contributed by atoms with van der Waals surface area (Å²) in [4.78, 5) is 23.6. The van der Waals surface area contributed by atoms with E-state index in [1.165, 1.54) is 24.7 Å². The molecule has 2 aromatic rings.